The molecule has 26 heavy (non-hydrogen) atoms. The van der Waals surface area contributed by atoms with Crippen molar-refractivity contribution in [3.8, 4) is 0 Å². The van der Waals surface area contributed by atoms with E-state index in [1.807, 2.05) is 0 Å². The van der Waals surface area contributed by atoms with Gasteiger partial charge in [0, 0.05) is 0 Å². The Morgan fingerprint density at radius 1 is 0.654 bits per heavy atom. The van der Waals surface area contributed by atoms with Crippen LogP contribution >= 0.6 is 0 Å². The topological polar surface area (TPSA) is 118 Å². The average Bonchev–Trinajstić information content (AvgIpc) is 2.65. The van der Waals surface area contributed by atoms with E-state index in [4.69, 9.17) is 0 Å². The van der Waals surface area contributed by atoms with Crippen molar-refractivity contribution in [1.82, 2.24) is 0 Å². The summed E-state index contributed by atoms with van der Waals surface area (Å²) in [6.45, 7) is 0.567. The zero-order valence-electron chi connectivity index (χ0n) is 14.8. The van der Waals surface area contributed by atoms with E-state index in [1.54, 1.807) is 12.2 Å². The van der Waals surface area contributed by atoms with Crippen LogP contribution in [0.3, 0.4) is 0 Å². The molecule has 4 unspecified atom stereocenters. The van der Waals surface area contributed by atoms with Crippen LogP contribution in [0.4, 0.5) is 0 Å². The van der Waals surface area contributed by atoms with Gasteiger partial charge in [-0.3, -0.25) is 0 Å². The van der Waals surface area contributed by atoms with Crippen molar-refractivity contribution in [3.63, 3.8) is 0 Å². The number of rotatable bonds is 8. The number of carbonyl (C=O) groups excluding carboxylic acids is 4. The van der Waals surface area contributed by atoms with E-state index >= 15 is 0 Å². The average molecular weight is 360 g/mol. The standard InChI is InChI=1S/C12H18N2O2.C6H6N2O2/c15-9-13-8-4-3-6-11-5-1-2-7-12(11)14-10-16;9-3-7-5-1-2-6(5)8-4-10/h11-12H,1-8H2;5-6H,1-2H2. The van der Waals surface area contributed by atoms with Crippen LogP contribution in [0.15, 0.2) is 20.0 Å². The predicted molar refractivity (Wildman–Crippen MR) is 93.8 cm³/mol. The highest BCUT2D eigenvalue weighted by Gasteiger charge is 2.30. The lowest BCUT2D eigenvalue weighted by atomic mass is 9.82. The molecule has 0 aliphatic heterocycles. The molecule has 0 aromatic rings. The summed E-state index contributed by atoms with van der Waals surface area (Å²) in [5, 5.41) is 0. The highest BCUT2D eigenvalue weighted by Crippen LogP contribution is 2.30. The van der Waals surface area contributed by atoms with Crippen molar-refractivity contribution in [2.75, 3.05) is 6.54 Å². The van der Waals surface area contributed by atoms with Gasteiger partial charge < -0.3 is 0 Å². The molecule has 0 saturated heterocycles. The molecule has 2 saturated carbocycles. The molecule has 0 aromatic carbocycles. The van der Waals surface area contributed by atoms with Gasteiger partial charge in [0.05, 0.1) is 24.7 Å². The minimum absolute atomic E-state index is 0.112. The van der Waals surface area contributed by atoms with Crippen molar-refractivity contribution < 1.29 is 19.2 Å². The molecule has 0 N–H and O–H groups in total. The van der Waals surface area contributed by atoms with Gasteiger partial charge in [0.25, 0.3) is 0 Å². The summed E-state index contributed by atoms with van der Waals surface area (Å²) >= 11 is 0. The number of nitrogens with zero attached hydrogens (tertiary/aromatic N) is 4. The molecular weight excluding hydrogens is 336 g/mol. The van der Waals surface area contributed by atoms with Gasteiger partial charge in [-0.25, -0.2) is 39.1 Å². The number of hydrogen-bond acceptors (Lipinski definition) is 8. The molecule has 0 spiro atoms. The second kappa shape index (κ2) is 13.8. The molecule has 0 radical (unpaired) electrons. The Labute approximate surface area is 152 Å². The van der Waals surface area contributed by atoms with Gasteiger partial charge >= 0.3 is 0 Å². The molecular formula is C18H24N4O4. The van der Waals surface area contributed by atoms with Gasteiger partial charge in [-0.05, 0) is 44.4 Å². The van der Waals surface area contributed by atoms with Crippen LogP contribution in [0.5, 0.6) is 0 Å². The molecule has 0 aromatic heterocycles. The van der Waals surface area contributed by atoms with Crippen molar-refractivity contribution >= 4 is 24.3 Å². The summed E-state index contributed by atoms with van der Waals surface area (Å²) < 4.78 is 0. The van der Waals surface area contributed by atoms with E-state index in [0.29, 0.717) is 12.5 Å². The Balaban J connectivity index is 0.000000289. The fourth-order valence-electron chi connectivity index (χ4n) is 3.31. The fraction of sp³-hybridized carbons (Fsp3) is 0.778. The SMILES string of the molecule is O=C=NC1CCC1N=C=O.O=C=NCCCCC1CCCCC1N=C=O. The maximum Gasteiger partial charge on any atom is 0.235 e. The van der Waals surface area contributed by atoms with Gasteiger partial charge in [0.2, 0.25) is 24.3 Å². The molecule has 2 fully saturated rings. The molecule has 0 heterocycles. The largest absolute Gasteiger partial charge is 0.235 e. The van der Waals surface area contributed by atoms with Crippen molar-refractivity contribution in [2.45, 2.75) is 75.9 Å². The summed E-state index contributed by atoms with van der Waals surface area (Å²) in [6, 6.07) is -0.0428. The Kier molecular flexibility index (Phi) is 11.4. The molecule has 2 rings (SSSR count). The fourth-order valence-corrected chi connectivity index (χ4v) is 3.31. The number of isocyanates is 4. The molecule has 2 aliphatic rings. The lowest BCUT2D eigenvalue weighted by molar-refractivity contribution is 0.286. The van der Waals surface area contributed by atoms with Crippen molar-refractivity contribution in [2.24, 2.45) is 25.9 Å². The van der Waals surface area contributed by atoms with E-state index in [2.05, 4.69) is 20.0 Å². The first-order valence-electron chi connectivity index (χ1n) is 9.01. The second-order valence-electron chi connectivity index (χ2n) is 6.45. The third-order valence-corrected chi connectivity index (χ3v) is 4.89. The Bertz CT molecular complexity index is 589. The van der Waals surface area contributed by atoms with Gasteiger partial charge in [-0.15, -0.1) is 0 Å². The van der Waals surface area contributed by atoms with Crippen molar-refractivity contribution in [1.29, 1.82) is 0 Å². The first kappa shape index (κ1) is 21.6. The first-order chi connectivity index (χ1) is 12.8. The van der Waals surface area contributed by atoms with Crippen LogP contribution in [-0.2, 0) is 19.2 Å². The molecule has 0 bridgehead atoms. The van der Waals surface area contributed by atoms with Gasteiger partial charge in [-0.1, -0.05) is 19.3 Å². The smallest absolute Gasteiger partial charge is 0.211 e. The Hall–Kier alpha value is -2.48. The number of unbranched alkanes of at least 4 members (excludes halogenated alkanes) is 1. The van der Waals surface area contributed by atoms with E-state index in [9.17, 15) is 19.2 Å². The lowest BCUT2D eigenvalue weighted by Crippen LogP contribution is -2.33. The van der Waals surface area contributed by atoms with Crippen LogP contribution < -0.4 is 0 Å². The third-order valence-electron chi connectivity index (χ3n) is 4.89. The van der Waals surface area contributed by atoms with E-state index in [1.165, 1.54) is 25.0 Å². The summed E-state index contributed by atoms with van der Waals surface area (Å²) in [7, 11) is 0. The Morgan fingerprint density at radius 2 is 1.23 bits per heavy atom. The highest BCUT2D eigenvalue weighted by molar-refractivity contribution is 5.37. The van der Waals surface area contributed by atoms with Crippen LogP contribution in [0, 0.1) is 5.92 Å². The minimum atomic E-state index is -0.112. The van der Waals surface area contributed by atoms with Crippen LogP contribution in [0.25, 0.3) is 0 Å². The van der Waals surface area contributed by atoms with E-state index < -0.39 is 0 Å². The van der Waals surface area contributed by atoms with Crippen LogP contribution in [-0.4, -0.2) is 49.0 Å². The van der Waals surface area contributed by atoms with Crippen LogP contribution in [0.2, 0.25) is 0 Å². The van der Waals surface area contributed by atoms with Gasteiger partial charge in [0.15, 0.2) is 0 Å². The van der Waals surface area contributed by atoms with Crippen LogP contribution in [0.1, 0.15) is 57.8 Å². The molecule has 8 nitrogen and oxygen atoms in total. The lowest BCUT2D eigenvalue weighted by Gasteiger charge is -2.27. The molecule has 140 valence electrons. The maximum atomic E-state index is 10.3. The normalized spacial score (nSPS) is 26.2. The monoisotopic (exact) mass is 360 g/mol. The van der Waals surface area contributed by atoms with Gasteiger partial charge in [-0.2, -0.15) is 0 Å². The molecule has 0 amide bonds. The van der Waals surface area contributed by atoms with Gasteiger partial charge in [0.1, 0.15) is 0 Å². The summed E-state index contributed by atoms with van der Waals surface area (Å²) in [6.07, 6.45) is 15.4. The van der Waals surface area contributed by atoms with E-state index in [0.717, 1.165) is 44.9 Å². The number of aliphatic imine (C=N–C) groups is 4. The summed E-state index contributed by atoms with van der Waals surface area (Å²) in [4.78, 5) is 53.9. The Morgan fingerprint density at radius 3 is 1.77 bits per heavy atom. The molecule has 4 atom stereocenters. The van der Waals surface area contributed by atoms with Crippen molar-refractivity contribution in [3.05, 3.63) is 0 Å². The summed E-state index contributed by atoms with van der Waals surface area (Å²) in [5.41, 5.74) is 0. The first-order valence-corrected chi connectivity index (χ1v) is 9.01. The number of hydrogen-bond donors (Lipinski definition) is 0. The third kappa shape index (κ3) is 8.06. The second-order valence-corrected chi connectivity index (χ2v) is 6.45. The van der Waals surface area contributed by atoms with E-state index in [-0.39, 0.29) is 18.1 Å². The predicted octanol–water partition coefficient (Wildman–Crippen LogP) is 2.58. The zero-order chi connectivity index (χ0) is 19.0. The quantitative estimate of drug-likeness (QED) is 0.375. The minimum Gasteiger partial charge on any atom is -0.211 e. The molecule has 8 heteroatoms. The highest BCUT2D eigenvalue weighted by atomic mass is 16.1. The maximum absolute atomic E-state index is 10.3. The molecule has 2 aliphatic carbocycles. The zero-order valence-corrected chi connectivity index (χ0v) is 14.8. The summed E-state index contributed by atoms with van der Waals surface area (Å²) in [5.74, 6) is 0.524.